The lowest BCUT2D eigenvalue weighted by Gasteiger charge is -2.07. The number of alkyl halides is 1. The van der Waals surface area contributed by atoms with E-state index in [1.807, 2.05) is 6.92 Å². The first-order valence-corrected chi connectivity index (χ1v) is 3.53. The number of carbonyl (C=O) groups excluding carboxylic acids is 1. The summed E-state index contributed by atoms with van der Waals surface area (Å²) in [5.41, 5.74) is 0. The highest BCUT2D eigenvalue weighted by Crippen LogP contribution is 2.21. The zero-order valence-corrected chi connectivity index (χ0v) is 6.02. The van der Waals surface area contributed by atoms with Gasteiger partial charge in [0.2, 0.25) is 0 Å². The van der Waals surface area contributed by atoms with Crippen LogP contribution in [0.2, 0.25) is 0 Å². The van der Waals surface area contributed by atoms with Gasteiger partial charge < -0.3 is 4.74 Å². The van der Waals surface area contributed by atoms with Crippen molar-refractivity contribution in [1.29, 1.82) is 0 Å². The van der Waals surface area contributed by atoms with Gasteiger partial charge in [-0.3, -0.25) is 4.79 Å². The van der Waals surface area contributed by atoms with Crippen LogP contribution in [0.4, 0.5) is 0 Å². The first kappa shape index (κ1) is 6.87. The zero-order chi connectivity index (χ0) is 6.85. The van der Waals surface area contributed by atoms with Crippen LogP contribution in [0.5, 0.6) is 0 Å². The summed E-state index contributed by atoms with van der Waals surface area (Å²) in [6.07, 6.45) is 0.483. The Hall–Kier alpha value is -0.240. The molecule has 1 fully saturated rings. The molecule has 0 aromatic heterocycles. The van der Waals surface area contributed by atoms with Gasteiger partial charge in [0.25, 0.3) is 0 Å². The van der Waals surface area contributed by atoms with Gasteiger partial charge >= 0.3 is 5.97 Å². The summed E-state index contributed by atoms with van der Waals surface area (Å²) >= 11 is 5.49. The summed E-state index contributed by atoms with van der Waals surface area (Å²) in [5, 5.41) is 0. The van der Waals surface area contributed by atoms with Gasteiger partial charge in [-0.05, 0) is 0 Å². The van der Waals surface area contributed by atoms with Crippen LogP contribution in [0.25, 0.3) is 0 Å². The smallest absolute Gasteiger partial charge is 0.306 e. The van der Waals surface area contributed by atoms with Crippen molar-refractivity contribution < 1.29 is 9.53 Å². The number of hydrogen-bond acceptors (Lipinski definition) is 2. The Labute approximate surface area is 59.1 Å². The van der Waals surface area contributed by atoms with Gasteiger partial charge in [-0.25, -0.2) is 0 Å². The lowest BCUT2D eigenvalue weighted by Crippen LogP contribution is -2.14. The van der Waals surface area contributed by atoms with Crippen LogP contribution in [0, 0.1) is 5.92 Å². The predicted octanol–water partition coefficient (Wildman–Crippen LogP) is 1.18. The van der Waals surface area contributed by atoms with Gasteiger partial charge in [-0.1, -0.05) is 6.92 Å². The lowest BCUT2D eigenvalue weighted by molar-refractivity contribution is -0.140. The summed E-state index contributed by atoms with van der Waals surface area (Å²) < 4.78 is 4.85. The van der Waals surface area contributed by atoms with Crippen LogP contribution in [0.15, 0.2) is 0 Å². The van der Waals surface area contributed by atoms with E-state index in [-0.39, 0.29) is 12.1 Å². The summed E-state index contributed by atoms with van der Waals surface area (Å²) in [5.74, 6) is 0.607. The number of halogens is 1. The second-order valence-corrected chi connectivity index (χ2v) is 2.67. The quantitative estimate of drug-likeness (QED) is 0.412. The molecule has 52 valence electrons. The molecule has 1 rings (SSSR count). The minimum absolute atomic E-state index is 0.0424. The average Bonchev–Trinajstić information content (AvgIpc) is 2.10. The third kappa shape index (κ3) is 1.36. The van der Waals surface area contributed by atoms with Crippen molar-refractivity contribution >= 4 is 17.6 Å². The standard InChI is InChI=1S/C6H9ClO2/c1-4-2-6(8)9-5(4)3-7/h4-5H,2-3H2,1H3/t4-,5+/m1/s1. The second kappa shape index (κ2) is 2.56. The number of hydrogen-bond donors (Lipinski definition) is 0. The molecule has 1 aliphatic heterocycles. The maximum atomic E-state index is 10.5. The molecular formula is C6H9ClO2. The molecule has 2 atom stereocenters. The fourth-order valence-corrected chi connectivity index (χ4v) is 1.28. The molecule has 1 heterocycles. The molecule has 0 aromatic carbocycles. The van der Waals surface area contributed by atoms with Gasteiger partial charge in [-0.2, -0.15) is 0 Å². The molecule has 1 aliphatic rings. The molecule has 0 aromatic rings. The van der Waals surface area contributed by atoms with Crippen molar-refractivity contribution in [3.63, 3.8) is 0 Å². The lowest BCUT2D eigenvalue weighted by atomic mass is 10.1. The fourth-order valence-electron chi connectivity index (χ4n) is 0.911. The SMILES string of the molecule is C[C@@H]1CC(=O)O[C@H]1CCl. The minimum atomic E-state index is -0.117. The molecule has 0 aliphatic carbocycles. The van der Waals surface area contributed by atoms with Crippen molar-refractivity contribution in [3.05, 3.63) is 0 Å². The molecule has 0 bridgehead atoms. The third-order valence-electron chi connectivity index (χ3n) is 1.56. The Morgan fingerprint density at radius 1 is 1.89 bits per heavy atom. The average molecular weight is 149 g/mol. The van der Waals surface area contributed by atoms with Crippen molar-refractivity contribution in [2.24, 2.45) is 5.92 Å². The van der Waals surface area contributed by atoms with E-state index < -0.39 is 0 Å². The Balaban J connectivity index is 2.47. The van der Waals surface area contributed by atoms with Crippen molar-refractivity contribution in [2.75, 3.05) is 5.88 Å². The van der Waals surface area contributed by atoms with E-state index >= 15 is 0 Å². The molecule has 0 N–H and O–H groups in total. The van der Waals surface area contributed by atoms with Crippen LogP contribution in [0.3, 0.4) is 0 Å². The van der Waals surface area contributed by atoms with E-state index in [0.717, 1.165) is 0 Å². The van der Waals surface area contributed by atoms with E-state index in [4.69, 9.17) is 16.3 Å². The molecule has 0 radical (unpaired) electrons. The highest BCUT2D eigenvalue weighted by molar-refractivity contribution is 6.18. The highest BCUT2D eigenvalue weighted by atomic mass is 35.5. The fraction of sp³-hybridized carbons (Fsp3) is 0.833. The van der Waals surface area contributed by atoms with Gasteiger partial charge in [0, 0.05) is 5.92 Å². The molecule has 0 saturated carbocycles. The Morgan fingerprint density at radius 2 is 2.56 bits per heavy atom. The van der Waals surface area contributed by atoms with Gasteiger partial charge in [0.05, 0.1) is 12.3 Å². The Morgan fingerprint density at radius 3 is 2.78 bits per heavy atom. The first-order chi connectivity index (χ1) is 4.24. The van der Waals surface area contributed by atoms with Crippen LogP contribution >= 0.6 is 11.6 Å². The molecule has 2 nitrogen and oxygen atoms in total. The number of carbonyl (C=O) groups is 1. The van der Waals surface area contributed by atoms with E-state index in [0.29, 0.717) is 18.2 Å². The van der Waals surface area contributed by atoms with Crippen LogP contribution in [-0.2, 0) is 9.53 Å². The summed E-state index contributed by atoms with van der Waals surface area (Å²) in [7, 11) is 0. The van der Waals surface area contributed by atoms with E-state index in [9.17, 15) is 4.79 Å². The zero-order valence-electron chi connectivity index (χ0n) is 5.26. The summed E-state index contributed by atoms with van der Waals surface area (Å²) in [4.78, 5) is 10.5. The number of rotatable bonds is 1. The topological polar surface area (TPSA) is 26.3 Å². The Bertz CT molecular complexity index is 124. The maximum Gasteiger partial charge on any atom is 0.306 e. The van der Waals surface area contributed by atoms with E-state index in [1.165, 1.54) is 0 Å². The van der Waals surface area contributed by atoms with Gasteiger partial charge in [0.15, 0.2) is 0 Å². The molecule has 1 saturated heterocycles. The van der Waals surface area contributed by atoms with Crippen molar-refractivity contribution in [1.82, 2.24) is 0 Å². The van der Waals surface area contributed by atoms with Crippen molar-refractivity contribution in [3.8, 4) is 0 Å². The van der Waals surface area contributed by atoms with Gasteiger partial charge in [0.1, 0.15) is 6.10 Å². The normalized spacial score (nSPS) is 34.7. The molecule has 3 heteroatoms. The third-order valence-corrected chi connectivity index (χ3v) is 1.86. The summed E-state index contributed by atoms with van der Waals surface area (Å²) in [6.45, 7) is 1.97. The number of esters is 1. The van der Waals surface area contributed by atoms with Crippen molar-refractivity contribution in [2.45, 2.75) is 19.4 Å². The molecule has 0 amide bonds. The van der Waals surface area contributed by atoms with E-state index in [1.54, 1.807) is 0 Å². The molecule has 0 spiro atoms. The first-order valence-electron chi connectivity index (χ1n) is 2.99. The number of cyclic esters (lactones) is 1. The van der Waals surface area contributed by atoms with Gasteiger partial charge in [-0.15, -0.1) is 11.6 Å². The minimum Gasteiger partial charge on any atom is -0.461 e. The number of ether oxygens (including phenoxy) is 1. The highest BCUT2D eigenvalue weighted by Gasteiger charge is 2.30. The predicted molar refractivity (Wildman–Crippen MR) is 34.4 cm³/mol. The largest absolute Gasteiger partial charge is 0.461 e. The molecule has 0 unspecified atom stereocenters. The molecular weight excluding hydrogens is 140 g/mol. The van der Waals surface area contributed by atoms with E-state index in [2.05, 4.69) is 0 Å². The molecule has 9 heavy (non-hydrogen) atoms. The Kier molecular flexibility index (Phi) is 1.96. The van der Waals surface area contributed by atoms with Crippen LogP contribution < -0.4 is 0 Å². The second-order valence-electron chi connectivity index (χ2n) is 2.36. The van der Waals surface area contributed by atoms with Crippen LogP contribution in [0.1, 0.15) is 13.3 Å². The monoisotopic (exact) mass is 148 g/mol. The summed E-state index contributed by atoms with van der Waals surface area (Å²) in [6, 6.07) is 0. The maximum absolute atomic E-state index is 10.5. The van der Waals surface area contributed by atoms with Crippen LogP contribution in [-0.4, -0.2) is 18.0 Å².